The number of aromatic nitrogens is 2. The lowest BCUT2D eigenvalue weighted by molar-refractivity contribution is 0.0683. The summed E-state index contributed by atoms with van der Waals surface area (Å²) in [6.07, 6.45) is 5.15. The summed E-state index contributed by atoms with van der Waals surface area (Å²) in [7, 11) is 0. The summed E-state index contributed by atoms with van der Waals surface area (Å²) < 4.78 is 11.0. The van der Waals surface area contributed by atoms with Gasteiger partial charge in [-0.25, -0.2) is 14.8 Å². The summed E-state index contributed by atoms with van der Waals surface area (Å²) in [6.45, 7) is 2.40. The van der Waals surface area contributed by atoms with Crippen molar-refractivity contribution < 1.29 is 14.3 Å². The minimum Gasteiger partial charge on any atom is -0.444 e. The number of carbonyl (C=O) groups is 1. The summed E-state index contributed by atoms with van der Waals surface area (Å²) in [5, 5.41) is 2.86. The van der Waals surface area contributed by atoms with Crippen LogP contribution < -0.4 is 11.1 Å². The van der Waals surface area contributed by atoms with E-state index in [-0.39, 0.29) is 29.8 Å². The van der Waals surface area contributed by atoms with Gasteiger partial charge in [-0.05, 0) is 19.8 Å². The van der Waals surface area contributed by atoms with Gasteiger partial charge in [-0.3, -0.25) is 0 Å². The summed E-state index contributed by atoms with van der Waals surface area (Å²) in [5.41, 5.74) is 6.22. The maximum atomic E-state index is 11.7. The van der Waals surface area contributed by atoms with E-state index in [1.165, 1.54) is 0 Å². The van der Waals surface area contributed by atoms with Gasteiger partial charge < -0.3 is 20.5 Å². The SMILES string of the molecule is CC1(NC(=O)O[C@H]2CO[C@H](c3cnc(N)nc3)C2)CC1. The lowest BCUT2D eigenvalue weighted by Gasteiger charge is -2.15. The van der Waals surface area contributed by atoms with Gasteiger partial charge in [0.25, 0.3) is 0 Å². The maximum Gasteiger partial charge on any atom is 0.407 e. The molecule has 0 radical (unpaired) electrons. The van der Waals surface area contributed by atoms with E-state index in [2.05, 4.69) is 15.3 Å². The Hall–Kier alpha value is -1.89. The van der Waals surface area contributed by atoms with Crippen LogP contribution >= 0.6 is 0 Å². The number of amides is 1. The van der Waals surface area contributed by atoms with Gasteiger partial charge in [-0.1, -0.05) is 0 Å². The van der Waals surface area contributed by atoms with Crippen molar-refractivity contribution in [3.8, 4) is 0 Å². The topological polar surface area (TPSA) is 99.4 Å². The van der Waals surface area contributed by atoms with E-state index >= 15 is 0 Å². The molecule has 0 bridgehead atoms. The first-order valence-corrected chi connectivity index (χ1v) is 6.72. The molecule has 0 unspecified atom stereocenters. The van der Waals surface area contributed by atoms with Crippen LogP contribution in [0.2, 0.25) is 0 Å². The Labute approximate surface area is 116 Å². The molecule has 20 heavy (non-hydrogen) atoms. The number of anilines is 1. The van der Waals surface area contributed by atoms with Crippen LogP contribution in [-0.2, 0) is 9.47 Å². The lowest BCUT2D eigenvalue weighted by Crippen LogP contribution is -2.37. The third kappa shape index (κ3) is 2.98. The van der Waals surface area contributed by atoms with Crippen LogP contribution in [0.1, 0.15) is 37.9 Å². The molecule has 1 saturated carbocycles. The molecule has 7 heteroatoms. The van der Waals surface area contributed by atoms with Crippen molar-refractivity contribution in [1.82, 2.24) is 15.3 Å². The Morgan fingerprint density at radius 1 is 1.50 bits per heavy atom. The van der Waals surface area contributed by atoms with E-state index < -0.39 is 0 Å². The lowest BCUT2D eigenvalue weighted by atomic mass is 10.1. The number of nitrogens with one attached hydrogen (secondary N) is 1. The normalized spacial score (nSPS) is 27.1. The van der Waals surface area contributed by atoms with Gasteiger partial charge in [0, 0.05) is 29.9 Å². The van der Waals surface area contributed by atoms with Crippen LogP contribution in [0.5, 0.6) is 0 Å². The molecule has 1 aromatic rings. The van der Waals surface area contributed by atoms with E-state index in [9.17, 15) is 4.79 Å². The van der Waals surface area contributed by atoms with Crippen LogP contribution in [0.3, 0.4) is 0 Å². The van der Waals surface area contributed by atoms with Gasteiger partial charge in [-0.15, -0.1) is 0 Å². The van der Waals surface area contributed by atoms with Crippen molar-refractivity contribution in [3.63, 3.8) is 0 Å². The number of rotatable bonds is 3. The smallest absolute Gasteiger partial charge is 0.407 e. The number of alkyl carbamates (subject to hydrolysis) is 1. The van der Waals surface area contributed by atoms with Crippen molar-refractivity contribution in [3.05, 3.63) is 18.0 Å². The van der Waals surface area contributed by atoms with Gasteiger partial charge in [0.1, 0.15) is 6.10 Å². The molecular formula is C13H18N4O3. The molecule has 1 aromatic heterocycles. The number of hydrogen-bond donors (Lipinski definition) is 2. The number of carbonyl (C=O) groups excluding carboxylic acids is 1. The zero-order valence-electron chi connectivity index (χ0n) is 11.3. The predicted octanol–water partition coefficient (Wildman–Crippen LogP) is 1.17. The van der Waals surface area contributed by atoms with Crippen molar-refractivity contribution in [2.45, 2.75) is 43.9 Å². The Bertz CT molecular complexity index is 501. The number of nitrogens with two attached hydrogens (primary N) is 1. The van der Waals surface area contributed by atoms with E-state index in [0.717, 1.165) is 18.4 Å². The van der Waals surface area contributed by atoms with Crippen molar-refractivity contribution in [1.29, 1.82) is 0 Å². The number of nitrogens with zero attached hydrogens (tertiary/aromatic N) is 2. The Kier molecular flexibility index (Phi) is 3.21. The van der Waals surface area contributed by atoms with Gasteiger partial charge in [-0.2, -0.15) is 0 Å². The molecule has 2 aliphatic rings. The minimum atomic E-state index is -0.368. The van der Waals surface area contributed by atoms with Crippen molar-refractivity contribution in [2.24, 2.45) is 0 Å². The highest BCUT2D eigenvalue weighted by Gasteiger charge is 2.40. The number of hydrogen-bond acceptors (Lipinski definition) is 6. The fourth-order valence-corrected chi connectivity index (χ4v) is 2.17. The van der Waals surface area contributed by atoms with Gasteiger partial charge in [0.2, 0.25) is 5.95 Å². The van der Waals surface area contributed by atoms with Crippen LogP contribution in [0.15, 0.2) is 12.4 Å². The highest BCUT2D eigenvalue weighted by molar-refractivity contribution is 5.69. The molecule has 1 amide bonds. The molecule has 0 aromatic carbocycles. The quantitative estimate of drug-likeness (QED) is 0.861. The molecule has 1 aliphatic heterocycles. The fourth-order valence-electron chi connectivity index (χ4n) is 2.17. The van der Waals surface area contributed by atoms with Gasteiger partial charge in [0.15, 0.2) is 0 Å². The largest absolute Gasteiger partial charge is 0.444 e. The molecule has 3 rings (SSSR count). The van der Waals surface area contributed by atoms with Crippen LogP contribution in [-0.4, -0.2) is 34.3 Å². The Balaban J connectivity index is 1.51. The summed E-state index contributed by atoms with van der Waals surface area (Å²) >= 11 is 0. The zero-order chi connectivity index (χ0) is 14.2. The molecule has 1 aliphatic carbocycles. The van der Waals surface area contributed by atoms with E-state index in [4.69, 9.17) is 15.2 Å². The summed E-state index contributed by atoms with van der Waals surface area (Å²) in [5.74, 6) is 0.233. The van der Waals surface area contributed by atoms with E-state index in [0.29, 0.717) is 13.0 Å². The highest BCUT2D eigenvalue weighted by Crippen LogP contribution is 2.35. The maximum absolute atomic E-state index is 11.7. The van der Waals surface area contributed by atoms with E-state index in [1.807, 2.05) is 6.92 Å². The first-order valence-electron chi connectivity index (χ1n) is 6.72. The highest BCUT2D eigenvalue weighted by atomic mass is 16.6. The molecule has 2 atom stereocenters. The monoisotopic (exact) mass is 278 g/mol. The first kappa shape index (κ1) is 13.1. The molecule has 1 saturated heterocycles. The molecule has 3 N–H and O–H groups in total. The minimum absolute atomic E-state index is 0.0687. The third-order valence-corrected chi connectivity index (χ3v) is 3.70. The summed E-state index contributed by atoms with van der Waals surface area (Å²) in [6, 6.07) is 0. The van der Waals surface area contributed by atoms with Gasteiger partial charge >= 0.3 is 6.09 Å². The average molecular weight is 278 g/mol. The fraction of sp³-hybridized carbons (Fsp3) is 0.615. The van der Waals surface area contributed by atoms with Crippen LogP contribution in [0, 0.1) is 0 Å². The molecule has 0 spiro atoms. The Morgan fingerprint density at radius 3 is 2.85 bits per heavy atom. The van der Waals surface area contributed by atoms with Gasteiger partial charge in [0.05, 0.1) is 12.7 Å². The number of nitrogen functional groups attached to an aromatic ring is 1. The second kappa shape index (κ2) is 4.90. The predicted molar refractivity (Wildman–Crippen MR) is 70.8 cm³/mol. The van der Waals surface area contributed by atoms with E-state index in [1.54, 1.807) is 12.4 Å². The summed E-state index contributed by atoms with van der Waals surface area (Å²) in [4.78, 5) is 19.6. The molecule has 7 nitrogen and oxygen atoms in total. The standard InChI is InChI=1S/C13H18N4O3/c1-13(2-3-13)17-12(18)20-9-4-10(19-7-9)8-5-15-11(14)16-6-8/h5-6,9-10H,2-4,7H2,1H3,(H,17,18)(H2,14,15,16)/t9-,10+/m1/s1. The zero-order valence-corrected chi connectivity index (χ0v) is 11.3. The second-order valence-corrected chi connectivity index (χ2v) is 5.65. The third-order valence-electron chi connectivity index (χ3n) is 3.70. The van der Waals surface area contributed by atoms with Crippen molar-refractivity contribution >= 4 is 12.0 Å². The number of ether oxygens (including phenoxy) is 2. The first-order chi connectivity index (χ1) is 9.54. The van der Waals surface area contributed by atoms with Crippen LogP contribution in [0.25, 0.3) is 0 Å². The molecule has 108 valence electrons. The Morgan fingerprint density at radius 2 is 2.20 bits per heavy atom. The second-order valence-electron chi connectivity index (χ2n) is 5.65. The molecular weight excluding hydrogens is 260 g/mol. The van der Waals surface area contributed by atoms with Crippen molar-refractivity contribution in [2.75, 3.05) is 12.3 Å². The molecule has 2 heterocycles. The molecule has 2 fully saturated rings. The van der Waals surface area contributed by atoms with Crippen LogP contribution in [0.4, 0.5) is 10.7 Å². The average Bonchev–Trinajstić information content (AvgIpc) is 2.94.